The van der Waals surface area contributed by atoms with Gasteiger partial charge in [0, 0.05) is 24.1 Å². The number of aromatic nitrogens is 2. The Bertz CT molecular complexity index is 701. The number of imidazole rings is 1. The SMILES string of the molecule is NC(CO)C(=O)NC(CO)C(=O)NC(CS)C(=O)NC(Cc1cnc[nH]1)C(=O)O. The van der Waals surface area contributed by atoms with Crippen molar-refractivity contribution in [3.05, 3.63) is 18.2 Å². The van der Waals surface area contributed by atoms with E-state index in [1.165, 1.54) is 12.5 Å². The molecule has 1 rings (SSSR count). The minimum Gasteiger partial charge on any atom is -0.480 e. The van der Waals surface area contributed by atoms with Crippen molar-refractivity contribution in [3.63, 3.8) is 0 Å². The van der Waals surface area contributed by atoms with E-state index >= 15 is 0 Å². The molecule has 0 radical (unpaired) electrons. The summed E-state index contributed by atoms with van der Waals surface area (Å²) >= 11 is 3.97. The van der Waals surface area contributed by atoms with Crippen LogP contribution in [-0.2, 0) is 25.6 Å². The van der Waals surface area contributed by atoms with Gasteiger partial charge >= 0.3 is 5.97 Å². The summed E-state index contributed by atoms with van der Waals surface area (Å²) < 4.78 is 0. The van der Waals surface area contributed by atoms with E-state index in [9.17, 15) is 29.4 Å². The van der Waals surface area contributed by atoms with Crippen molar-refractivity contribution in [1.29, 1.82) is 0 Å². The van der Waals surface area contributed by atoms with Gasteiger partial charge in [-0.3, -0.25) is 14.4 Å². The van der Waals surface area contributed by atoms with Crippen LogP contribution in [0.25, 0.3) is 0 Å². The minimum absolute atomic E-state index is 0.0668. The van der Waals surface area contributed by atoms with Gasteiger partial charge in [0.15, 0.2) is 0 Å². The second-order valence-electron chi connectivity index (χ2n) is 5.96. The van der Waals surface area contributed by atoms with Gasteiger partial charge in [0.1, 0.15) is 24.2 Å². The Hall–Kier alpha value is -2.68. The van der Waals surface area contributed by atoms with Crippen LogP contribution < -0.4 is 21.7 Å². The number of nitrogens with one attached hydrogen (secondary N) is 4. The van der Waals surface area contributed by atoms with E-state index in [-0.39, 0.29) is 12.2 Å². The smallest absolute Gasteiger partial charge is 0.326 e. The molecule has 1 heterocycles. The molecule has 4 unspecified atom stereocenters. The molecule has 0 aliphatic rings. The molecule has 14 heteroatoms. The molecule has 1 aromatic heterocycles. The summed E-state index contributed by atoms with van der Waals surface area (Å²) in [6.45, 7) is -1.46. The summed E-state index contributed by atoms with van der Waals surface area (Å²) in [4.78, 5) is 54.1. The van der Waals surface area contributed by atoms with E-state index in [1.807, 2.05) is 0 Å². The quantitative estimate of drug-likeness (QED) is 0.146. The molecule has 162 valence electrons. The highest BCUT2D eigenvalue weighted by molar-refractivity contribution is 7.80. The lowest BCUT2D eigenvalue weighted by molar-refractivity contribution is -0.142. The molecule has 0 spiro atoms. The first-order chi connectivity index (χ1) is 13.7. The fraction of sp³-hybridized carbons (Fsp3) is 0.533. The molecule has 0 saturated carbocycles. The van der Waals surface area contributed by atoms with Gasteiger partial charge in [-0.2, -0.15) is 12.6 Å². The van der Waals surface area contributed by atoms with Crippen LogP contribution in [0.5, 0.6) is 0 Å². The van der Waals surface area contributed by atoms with Gasteiger partial charge in [0.2, 0.25) is 17.7 Å². The number of amides is 3. The van der Waals surface area contributed by atoms with Gasteiger partial charge in [-0.05, 0) is 0 Å². The van der Waals surface area contributed by atoms with Crippen LogP contribution in [0.4, 0.5) is 0 Å². The van der Waals surface area contributed by atoms with Crippen LogP contribution in [-0.4, -0.2) is 92.1 Å². The number of nitrogens with two attached hydrogens (primary N) is 1. The Kier molecular flexibility index (Phi) is 10.1. The number of aliphatic carboxylic acids is 1. The first-order valence-electron chi connectivity index (χ1n) is 8.42. The van der Waals surface area contributed by atoms with Crippen LogP contribution in [0, 0.1) is 0 Å². The van der Waals surface area contributed by atoms with Crippen molar-refractivity contribution in [2.75, 3.05) is 19.0 Å². The summed E-state index contributed by atoms with van der Waals surface area (Å²) in [6.07, 6.45) is 2.70. The molecule has 0 bridgehead atoms. The first-order valence-corrected chi connectivity index (χ1v) is 9.06. The summed E-state index contributed by atoms with van der Waals surface area (Å²) in [5.41, 5.74) is 5.80. The molecule has 0 aliphatic carbocycles. The summed E-state index contributed by atoms with van der Waals surface area (Å²) in [7, 11) is 0. The topological polar surface area (TPSA) is 220 Å². The number of hydrogen-bond donors (Lipinski definition) is 9. The molecule has 0 saturated heterocycles. The third kappa shape index (κ3) is 7.69. The number of aromatic amines is 1. The van der Waals surface area contributed by atoms with E-state index in [2.05, 4.69) is 38.5 Å². The average Bonchev–Trinajstić information content (AvgIpc) is 3.21. The maximum absolute atomic E-state index is 12.4. The maximum atomic E-state index is 12.4. The molecule has 1 aromatic rings. The Balaban J connectivity index is 2.73. The summed E-state index contributed by atoms with van der Waals surface area (Å²) in [5.74, 6) is -4.10. The van der Waals surface area contributed by atoms with Crippen LogP contribution in [0.1, 0.15) is 5.69 Å². The number of hydrogen-bond acceptors (Lipinski definition) is 9. The molecule has 3 amide bonds. The van der Waals surface area contributed by atoms with Crippen molar-refractivity contribution in [1.82, 2.24) is 25.9 Å². The van der Waals surface area contributed by atoms with Gasteiger partial charge in [-0.25, -0.2) is 9.78 Å². The Morgan fingerprint density at radius 3 is 2.10 bits per heavy atom. The molecule has 13 nitrogen and oxygen atoms in total. The molecule has 4 atom stereocenters. The summed E-state index contributed by atoms with van der Waals surface area (Å²) in [6, 6.07) is -5.26. The monoisotopic (exact) mass is 432 g/mol. The highest BCUT2D eigenvalue weighted by Gasteiger charge is 2.29. The Morgan fingerprint density at radius 1 is 1.03 bits per heavy atom. The van der Waals surface area contributed by atoms with E-state index < -0.39 is 61.1 Å². The zero-order valence-corrected chi connectivity index (χ0v) is 16.1. The molecule has 29 heavy (non-hydrogen) atoms. The lowest BCUT2D eigenvalue weighted by Gasteiger charge is -2.23. The molecular formula is C15H24N6O7S. The fourth-order valence-corrected chi connectivity index (χ4v) is 2.37. The molecule has 0 aliphatic heterocycles. The lowest BCUT2D eigenvalue weighted by Crippen LogP contribution is -2.59. The normalized spacial score (nSPS) is 14.9. The standard InChI is InChI=1S/C15H24N6O7S/c16-8(3-22)12(24)20-10(4-23)13(25)21-11(5-29)14(26)19-9(15(27)28)1-7-2-17-6-18-7/h2,6,8-11,22-23,29H,1,3-5,16H2,(H,17,18)(H,19,26)(H,20,24)(H,21,25)(H,27,28). The average molecular weight is 432 g/mol. The fourth-order valence-electron chi connectivity index (χ4n) is 2.11. The highest BCUT2D eigenvalue weighted by Crippen LogP contribution is 2.01. The van der Waals surface area contributed by atoms with Gasteiger partial charge in [-0.1, -0.05) is 0 Å². The van der Waals surface area contributed by atoms with Crippen molar-refractivity contribution in [2.24, 2.45) is 5.73 Å². The molecule has 0 fully saturated rings. The Labute approximate surface area is 170 Å². The number of aliphatic hydroxyl groups excluding tert-OH is 2. The number of carboxylic acid groups (broad SMARTS) is 1. The number of carbonyl (C=O) groups is 4. The van der Waals surface area contributed by atoms with Gasteiger partial charge < -0.3 is 42.0 Å². The van der Waals surface area contributed by atoms with Crippen LogP contribution in [0.2, 0.25) is 0 Å². The van der Waals surface area contributed by atoms with Crippen molar-refractivity contribution < 1.29 is 34.5 Å². The van der Waals surface area contributed by atoms with Crippen molar-refractivity contribution in [2.45, 2.75) is 30.6 Å². The van der Waals surface area contributed by atoms with Crippen LogP contribution >= 0.6 is 12.6 Å². The Morgan fingerprint density at radius 2 is 1.62 bits per heavy atom. The van der Waals surface area contributed by atoms with Gasteiger partial charge in [0.25, 0.3) is 0 Å². The second kappa shape index (κ2) is 12.0. The van der Waals surface area contributed by atoms with Crippen LogP contribution in [0.3, 0.4) is 0 Å². The predicted molar refractivity (Wildman–Crippen MR) is 102 cm³/mol. The van der Waals surface area contributed by atoms with Gasteiger partial charge in [0.05, 0.1) is 19.5 Å². The van der Waals surface area contributed by atoms with E-state index in [0.29, 0.717) is 5.69 Å². The lowest BCUT2D eigenvalue weighted by atomic mass is 10.1. The largest absolute Gasteiger partial charge is 0.480 e. The predicted octanol–water partition coefficient (Wildman–Crippen LogP) is -4.27. The number of thiol groups is 1. The van der Waals surface area contributed by atoms with E-state index in [4.69, 9.17) is 10.8 Å². The molecule has 9 N–H and O–H groups in total. The maximum Gasteiger partial charge on any atom is 0.326 e. The van der Waals surface area contributed by atoms with Crippen molar-refractivity contribution >= 4 is 36.3 Å². The number of aliphatic hydroxyl groups is 2. The minimum atomic E-state index is -1.43. The number of rotatable bonds is 12. The third-order valence-corrected chi connectivity index (χ3v) is 4.12. The number of carboxylic acids is 1. The number of nitrogens with zero attached hydrogens (tertiary/aromatic N) is 1. The number of carbonyl (C=O) groups excluding carboxylic acids is 3. The highest BCUT2D eigenvalue weighted by atomic mass is 32.1. The van der Waals surface area contributed by atoms with Gasteiger partial charge in [-0.15, -0.1) is 0 Å². The first kappa shape index (κ1) is 24.4. The third-order valence-electron chi connectivity index (χ3n) is 3.76. The molecular weight excluding hydrogens is 408 g/mol. The van der Waals surface area contributed by atoms with Crippen LogP contribution in [0.15, 0.2) is 12.5 Å². The van der Waals surface area contributed by atoms with Crippen molar-refractivity contribution in [3.8, 4) is 0 Å². The zero-order valence-electron chi connectivity index (χ0n) is 15.2. The zero-order chi connectivity index (χ0) is 22.0. The molecule has 0 aromatic carbocycles. The van der Waals surface area contributed by atoms with E-state index in [0.717, 1.165) is 0 Å². The second-order valence-corrected chi connectivity index (χ2v) is 6.32. The number of H-pyrrole nitrogens is 1. The summed E-state index contributed by atoms with van der Waals surface area (Å²) in [5, 5.41) is 34.1. The van der Waals surface area contributed by atoms with E-state index in [1.54, 1.807) is 0 Å².